The van der Waals surface area contributed by atoms with Crippen LogP contribution in [0.2, 0.25) is 0 Å². The van der Waals surface area contributed by atoms with E-state index in [9.17, 15) is 18.7 Å². The summed E-state index contributed by atoms with van der Waals surface area (Å²) < 4.78 is 26.2. The smallest absolute Gasteiger partial charge is 0.319 e. The van der Waals surface area contributed by atoms with Gasteiger partial charge in [-0.3, -0.25) is 0 Å². The molecule has 0 radical (unpaired) electrons. The van der Waals surface area contributed by atoms with E-state index in [2.05, 4.69) is 10.6 Å². The molecular weight excluding hydrogens is 254 g/mol. The third-order valence-electron chi connectivity index (χ3n) is 2.44. The fraction of sp³-hybridized carbons (Fsp3) is 0.462. The van der Waals surface area contributed by atoms with Crippen LogP contribution in [-0.4, -0.2) is 23.8 Å². The number of benzene rings is 1. The van der Waals surface area contributed by atoms with Crippen LogP contribution in [0.4, 0.5) is 19.3 Å². The molecule has 4 nitrogen and oxygen atoms in total. The molecule has 0 bridgehead atoms. The van der Waals surface area contributed by atoms with Crippen LogP contribution in [0.1, 0.15) is 20.3 Å². The van der Waals surface area contributed by atoms with Gasteiger partial charge in [0.1, 0.15) is 0 Å². The van der Waals surface area contributed by atoms with E-state index in [4.69, 9.17) is 0 Å². The zero-order chi connectivity index (χ0) is 14.4. The van der Waals surface area contributed by atoms with Crippen LogP contribution in [0.5, 0.6) is 0 Å². The molecule has 1 unspecified atom stereocenters. The maximum absolute atomic E-state index is 13.3. The monoisotopic (exact) mass is 272 g/mol. The maximum Gasteiger partial charge on any atom is 0.319 e. The Labute approximate surface area is 110 Å². The molecule has 6 heteroatoms. The molecule has 1 aromatic carbocycles. The molecule has 1 atom stereocenters. The predicted octanol–water partition coefficient (Wildman–Crippen LogP) is 2.49. The molecule has 19 heavy (non-hydrogen) atoms. The van der Waals surface area contributed by atoms with E-state index in [0.717, 1.165) is 6.07 Å². The number of halogens is 2. The first-order chi connectivity index (χ1) is 8.90. The van der Waals surface area contributed by atoms with E-state index in [1.54, 1.807) is 0 Å². The number of aliphatic hydroxyl groups excluding tert-OH is 1. The van der Waals surface area contributed by atoms with Gasteiger partial charge in [-0.25, -0.2) is 13.6 Å². The van der Waals surface area contributed by atoms with Crippen LogP contribution in [-0.2, 0) is 0 Å². The zero-order valence-electron chi connectivity index (χ0n) is 10.9. The molecule has 0 aliphatic heterocycles. The first-order valence-electron chi connectivity index (χ1n) is 6.07. The molecule has 1 rings (SSSR count). The molecule has 0 spiro atoms. The summed E-state index contributed by atoms with van der Waals surface area (Å²) in [6.07, 6.45) is -0.114. The Morgan fingerprint density at radius 1 is 1.37 bits per heavy atom. The van der Waals surface area contributed by atoms with Crippen molar-refractivity contribution in [3.8, 4) is 0 Å². The Hall–Kier alpha value is -1.69. The highest BCUT2D eigenvalue weighted by molar-refractivity contribution is 5.89. The summed E-state index contributed by atoms with van der Waals surface area (Å²) in [4.78, 5) is 11.4. The second kappa shape index (κ2) is 7.04. The molecule has 0 aliphatic carbocycles. The third kappa shape index (κ3) is 5.21. The molecule has 0 heterocycles. The molecule has 106 valence electrons. The Morgan fingerprint density at radius 3 is 2.68 bits per heavy atom. The fourth-order valence-electron chi connectivity index (χ4n) is 1.60. The lowest BCUT2D eigenvalue weighted by Gasteiger charge is -2.14. The highest BCUT2D eigenvalue weighted by Crippen LogP contribution is 2.16. The Bertz CT molecular complexity index is 439. The van der Waals surface area contributed by atoms with Crippen LogP contribution < -0.4 is 10.6 Å². The number of carbonyl (C=O) groups excluding carboxylic acids is 1. The zero-order valence-corrected chi connectivity index (χ0v) is 10.9. The molecule has 0 aromatic heterocycles. The van der Waals surface area contributed by atoms with Gasteiger partial charge in [-0.05, 0) is 24.5 Å². The normalized spacial score (nSPS) is 12.3. The summed E-state index contributed by atoms with van der Waals surface area (Å²) in [6.45, 7) is 3.96. The van der Waals surface area contributed by atoms with E-state index in [0.29, 0.717) is 12.3 Å². The Morgan fingerprint density at radius 2 is 2.05 bits per heavy atom. The number of amides is 2. The molecule has 0 saturated heterocycles. The lowest BCUT2D eigenvalue weighted by atomic mass is 10.1. The van der Waals surface area contributed by atoms with Crippen molar-refractivity contribution in [1.29, 1.82) is 0 Å². The summed E-state index contributed by atoms with van der Waals surface area (Å²) in [6, 6.07) is 2.82. The van der Waals surface area contributed by atoms with E-state index in [1.165, 1.54) is 12.1 Å². The van der Waals surface area contributed by atoms with E-state index >= 15 is 0 Å². The minimum absolute atomic E-state index is 0.0565. The van der Waals surface area contributed by atoms with Crippen molar-refractivity contribution in [3.05, 3.63) is 29.8 Å². The van der Waals surface area contributed by atoms with Crippen LogP contribution in [0.25, 0.3) is 0 Å². The number of rotatable bonds is 5. The van der Waals surface area contributed by atoms with Crippen molar-refractivity contribution in [2.75, 3.05) is 11.9 Å². The van der Waals surface area contributed by atoms with Gasteiger partial charge in [0.05, 0.1) is 11.8 Å². The SMILES string of the molecule is CC(C)CC(O)CNC(=O)Nc1cccc(F)c1F. The number of hydrogen-bond donors (Lipinski definition) is 3. The van der Waals surface area contributed by atoms with Gasteiger partial charge in [0.25, 0.3) is 0 Å². The van der Waals surface area contributed by atoms with Gasteiger partial charge in [-0.1, -0.05) is 19.9 Å². The minimum atomic E-state index is -1.11. The van der Waals surface area contributed by atoms with Gasteiger partial charge in [-0.15, -0.1) is 0 Å². The summed E-state index contributed by atoms with van der Waals surface area (Å²) in [7, 11) is 0. The first-order valence-corrected chi connectivity index (χ1v) is 6.07. The van der Waals surface area contributed by atoms with Crippen molar-refractivity contribution in [1.82, 2.24) is 5.32 Å². The number of urea groups is 1. The van der Waals surface area contributed by atoms with Crippen molar-refractivity contribution < 1.29 is 18.7 Å². The second-order valence-corrected chi connectivity index (χ2v) is 4.72. The van der Waals surface area contributed by atoms with Gasteiger partial charge < -0.3 is 15.7 Å². The summed E-state index contributed by atoms with van der Waals surface area (Å²) in [5, 5.41) is 14.1. The fourth-order valence-corrected chi connectivity index (χ4v) is 1.60. The van der Waals surface area contributed by atoms with Crippen LogP contribution in [0.3, 0.4) is 0 Å². The molecular formula is C13H18F2N2O2. The standard InChI is InChI=1S/C13H18F2N2O2/c1-8(2)6-9(18)7-16-13(19)17-11-5-3-4-10(14)12(11)15/h3-5,8-9,18H,6-7H2,1-2H3,(H2,16,17,19). The highest BCUT2D eigenvalue weighted by atomic mass is 19.2. The van der Waals surface area contributed by atoms with Crippen molar-refractivity contribution in [2.24, 2.45) is 5.92 Å². The molecule has 0 saturated carbocycles. The number of carbonyl (C=O) groups is 1. The van der Waals surface area contributed by atoms with Gasteiger partial charge >= 0.3 is 6.03 Å². The third-order valence-corrected chi connectivity index (χ3v) is 2.44. The number of anilines is 1. The molecule has 0 aliphatic rings. The van der Waals surface area contributed by atoms with E-state index in [1.807, 2.05) is 13.8 Å². The molecule has 0 fully saturated rings. The summed E-state index contributed by atoms with van der Waals surface area (Å²) in [5.74, 6) is -1.83. The van der Waals surface area contributed by atoms with Crippen molar-refractivity contribution >= 4 is 11.7 Å². The predicted molar refractivity (Wildman–Crippen MR) is 68.8 cm³/mol. The largest absolute Gasteiger partial charge is 0.391 e. The summed E-state index contributed by atoms with van der Waals surface area (Å²) >= 11 is 0. The summed E-state index contributed by atoms with van der Waals surface area (Å²) in [5.41, 5.74) is -0.240. The van der Waals surface area contributed by atoms with Gasteiger partial charge in [0.2, 0.25) is 0 Å². The van der Waals surface area contributed by atoms with Crippen LogP contribution in [0, 0.1) is 17.6 Å². The van der Waals surface area contributed by atoms with Crippen molar-refractivity contribution in [2.45, 2.75) is 26.4 Å². The topological polar surface area (TPSA) is 61.4 Å². The van der Waals surface area contributed by atoms with E-state index in [-0.39, 0.29) is 12.2 Å². The average molecular weight is 272 g/mol. The number of nitrogens with one attached hydrogen (secondary N) is 2. The van der Waals surface area contributed by atoms with Crippen LogP contribution in [0.15, 0.2) is 18.2 Å². The minimum Gasteiger partial charge on any atom is -0.391 e. The lowest BCUT2D eigenvalue weighted by molar-refractivity contribution is 0.148. The molecule has 3 N–H and O–H groups in total. The van der Waals surface area contributed by atoms with Crippen molar-refractivity contribution in [3.63, 3.8) is 0 Å². The highest BCUT2D eigenvalue weighted by Gasteiger charge is 2.12. The van der Waals surface area contributed by atoms with Gasteiger partial charge in [0, 0.05) is 6.54 Å². The number of aliphatic hydroxyl groups is 1. The lowest BCUT2D eigenvalue weighted by Crippen LogP contribution is -2.36. The second-order valence-electron chi connectivity index (χ2n) is 4.72. The number of hydrogen-bond acceptors (Lipinski definition) is 2. The average Bonchev–Trinajstić information content (AvgIpc) is 2.32. The Kier molecular flexibility index (Phi) is 5.69. The van der Waals surface area contributed by atoms with Gasteiger partial charge in [-0.2, -0.15) is 0 Å². The Balaban J connectivity index is 2.45. The van der Waals surface area contributed by atoms with Gasteiger partial charge in [0.15, 0.2) is 11.6 Å². The first kappa shape index (κ1) is 15.4. The molecule has 1 aromatic rings. The van der Waals surface area contributed by atoms with Crippen LogP contribution >= 0.6 is 0 Å². The molecule has 2 amide bonds. The maximum atomic E-state index is 13.3. The quantitative estimate of drug-likeness (QED) is 0.771. The van der Waals surface area contributed by atoms with E-state index < -0.39 is 23.8 Å².